The van der Waals surface area contributed by atoms with Crippen LogP contribution in [0.1, 0.15) is 52.7 Å². The van der Waals surface area contributed by atoms with E-state index in [1.54, 1.807) is 11.9 Å². The summed E-state index contributed by atoms with van der Waals surface area (Å²) in [6, 6.07) is 19.6. The number of ether oxygens (including phenoxy) is 2. The second-order valence-corrected chi connectivity index (χ2v) is 12.0. The van der Waals surface area contributed by atoms with Gasteiger partial charge in [0.2, 0.25) is 5.91 Å². The number of carbonyl (C=O) groups is 2. The number of carbonyl (C=O) groups excluding carboxylic acids is 2. The van der Waals surface area contributed by atoms with E-state index in [1.807, 2.05) is 85.4 Å². The van der Waals surface area contributed by atoms with Crippen molar-refractivity contribution in [3.63, 3.8) is 0 Å². The molecule has 0 unspecified atom stereocenters. The van der Waals surface area contributed by atoms with E-state index in [0.717, 1.165) is 73.7 Å². The Balaban J connectivity index is 0.00000368. The number of likely N-dealkylation sites (N-methyl/N-ethyl adjacent to an activating group) is 1. The van der Waals surface area contributed by atoms with Gasteiger partial charge in [-0.3, -0.25) is 9.59 Å². The summed E-state index contributed by atoms with van der Waals surface area (Å²) in [5.74, 6) is 1.66. The molecule has 1 fully saturated rings. The Labute approximate surface area is 287 Å². The van der Waals surface area contributed by atoms with E-state index in [-0.39, 0.29) is 36.6 Å². The van der Waals surface area contributed by atoms with Crippen LogP contribution in [0.5, 0.6) is 11.5 Å². The molecule has 1 saturated heterocycles. The number of anilines is 2. The SMILES string of the molecule is Cc1ccc(N(C)C(=O)c2ccc(COc3ccc(C)cc3N(C)C)cc2)c(OCCCCCC(=O)N2CCN(C)CC2)c1.Cl.Cl. The van der Waals surface area contributed by atoms with Gasteiger partial charge in [-0.25, -0.2) is 0 Å². The molecule has 4 rings (SSSR count). The second kappa shape index (κ2) is 18.6. The number of amides is 2. The van der Waals surface area contributed by atoms with Crippen LogP contribution >= 0.6 is 24.8 Å². The standard InChI is InChI=1S/C36H48N4O4.2ClH/c1-27-12-18-33(32(24-27)37(3)4)44-26-29-13-15-30(16-14-29)36(42)39(6)31-17-11-28(2)25-34(31)43-23-9-7-8-10-35(41)40-21-19-38(5)20-22-40;;/h11-18,24-25H,7-10,19-23,26H2,1-6H3;2*1H. The van der Waals surface area contributed by atoms with E-state index in [1.165, 1.54) is 5.56 Å². The van der Waals surface area contributed by atoms with E-state index >= 15 is 0 Å². The molecule has 1 aliphatic heterocycles. The highest BCUT2D eigenvalue weighted by Crippen LogP contribution is 2.31. The molecule has 0 aliphatic carbocycles. The first kappa shape index (κ1) is 38.7. The van der Waals surface area contributed by atoms with Crippen LogP contribution < -0.4 is 19.3 Å². The maximum absolute atomic E-state index is 13.4. The van der Waals surface area contributed by atoms with Crippen LogP contribution in [0.15, 0.2) is 60.7 Å². The Hall–Kier alpha value is -3.46. The molecule has 0 radical (unpaired) electrons. The number of aryl methyl sites for hydroxylation is 2. The highest BCUT2D eigenvalue weighted by Gasteiger charge is 2.19. The number of piperazine rings is 1. The topological polar surface area (TPSA) is 65.6 Å². The third kappa shape index (κ3) is 10.8. The molecular weight excluding hydrogens is 623 g/mol. The minimum atomic E-state index is -0.109. The largest absolute Gasteiger partial charge is 0.491 e. The van der Waals surface area contributed by atoms with Gasteiger partial charge in [0.05, 0.1) is 18.0 Å². The van der Waals surface area contributed by atoms with Crippen molar-refractivity contribution in [2.24, 2.45) is 0 Å². The highest BCUT2D eigenvalue weighted by molar-refractivity contribution is 6.06. The van der Waals surface area contributed by atoms with Gasteiger partial charge in [0, 0.05) is 59.3 Å². The molecular formula is C36H50Cl2N4O4. The number of hydrogen-bond donors (Lipinski definition) is 0. The molecule has 1 aliphatic rings. The highest BCUT2D eigenvalue weighted by atomic mass is 35.5. The van der Waals surface area contributed by atoms with Crippen molar-refractivity contribution < 1.29 is 19.1 Å². The van der Waals surface area contributed by atoms with Gasteiger partial charge in [0.1, 0.15) is 18.1 Å². The van der Waals surface area contributed by atoms with Crippen molar-refractivity contribution in [1.82, 2.24) is 9.80 Å². The molecule has 46 heavy (non-hydrogen) atoms. The Morgan fingerprint density at radius 1 is 0.739 bits per heavy atom. The average Bonchev–Trinajstić information content (AvgIpc) is 3.02. The van der Waals surface area contributed by atoms with E-state index in [4.69, 9.17) is 9.47 Å². The fourth-order valence-corrected chi connectivity index (χ4v) is 5.27. The van der Waals surface area contributed by atoms with Crippen LogP contribution in [0.3, 0.4) is 0 Å². The fraction of sp³-hybridized carbons (Fsp3) is 0.444. The van der Waals surface area contributed by atoms with E-state index in [9.17, 15) is 9.59 Å². The lowest BCUT2D eigenvalue weighted by atomic mass is 10.1. The van der Waals surface area contributed by atoms with Gasteiger partial charge in [-0.2, -0.15) is 0 Å². The van der Waals surface area contributed by atoms with E-state index < -0.39 is 0 Å². The number of hydrogen-bond acceptors (Lipinski definition) is 6. The minimum absolute atomic E-state index is 0. The molecule has 0 atom stereocenters. The predicted octanol–water partition coefficient (Wildman–Crippen LogP) is 6.78. The Morgan fingerprint density at radius 2 is 1.39 bits per heavy atom. The third-order valence-corrected chi connectivity index (χ3v) is 8.12. The molecule has 252 valence electrons. The summed E-state index contributed by atoms with van der Waals surface area (Å²) in [6.45, 7) is 8.57. The van der Waals surface area contributed by atoms with Gasteiger partial charge in [-0.05, 0) is 93.2 Å². The maximum Gasteiger partial charge on any atom is 0.258 e. The summed E-state index contributed by atoms with van der Waals surface area (Å²) in [5, 5.41) is 0. The van der Waals surface area contributed by atoms with Crippen LogP contribution in [0.2, 0.25) is 0 Å². The first-order valence-electron chi connectivity index (χ1n) is 15.6. The summed E-state index contributed by atoms with van der Waals surface area (Å²) < 4.78 is 12.3. The molecule has 0 saturated carbocycles. The normalized spacial score (nSPS) is 12.9. The number of halogens is 2. The molecule has 2 amide bonds. The summed E-state index contributed by atoms with van der Waals surface area (Å²) >= 11 is 0. The van der Waals surface area contributed by atoms with Gasteiger partial charge in [-0.15, -0.1) is 24.8 Å². The van der Waals surface area contributed by atoms with Gasteiger partial charge in [-0.1, -0.05) is 24.3 Å². The molecule has 3 aromatic rings. The molecule has 10 heteroatoms. The number of benzene rings is 3. The van der Waals surface area contributed by atoms with Crippen LogP contribution in [0.25, 0.3) is 0 Å². The van der Waals surface area contributed by atoms with Crippen molar-refractivity contribution in [1.29, 1.82) is 0 Å². The van der Waals surface area contributed by atoms with Crippen LogP contribution in [-0.2, 0) is 11.4 Å². The van der Waals surface area contributed by atoms with Crippen LogP contribution in [0.4, 0.5) is 11.4 Å². The predicted molar refractivity (Wildman–Crippen MR) is 193 cm³/mol. The molecule has 0 spiro atoms. The van der Waals surface area contributed by atoms with Gasteiger partial charge < -0.3 is 29.1 Å². The average molecular weight is 674 g/mol. The molecule has 3 aromatic carbocycles. The first-order valence-corrected chi connectivity index (χ1v) is 15.6. The molecule has 8 nitrogen and oxygen atoms in total. The maximum atomic E-state index is 13.4. The van der Waals surface area contributed by atoms with Gasteiger partial charge in [0.15, 0.2) is 0 Å². The van der Waals surface area contributed by atoms with Crippen molar-refractivity contribution in [3.05, 3.63) is 82.9 Å². The number of rotatable bonds is 13. The summed E-state index contributed by atoms with van der Waals surface area (Å²) in [5.41, 5.74) is 5.59. The zero-order chi connectivity index (χ0) is 31.6. The van der Waals surface area contributed by atoms with Crippen molar-refractivity contribution in [3.8, 4) is 11.5 Å². The zero-order valence-electron chi connectivity index (χ0n) is 28.1. The molecule has 0 bridgehead atoms. The monoisotopic (exact) mass is 672 g/mol. The molecule has 1 heterocycles. The number of nitrogens with zero attached hydrogens (tertiary/aromatic N) is 4. The smallest absolute Gasteiger partial charge is 0.258 e. The van der Waals surface area contributed by atoms with Crippen molar-refractivity contribution in [2.45, 2.75) is 46.1 Å². The van der Waals surface area contributed by atoms with Crippen molar-refractivity contribution >= 4 is 48.0 Å². The van der Waals surface area contributed by atoms with Gasteiger partial charge in [0.25, 0.3) is 5.91 Å². The Morgan fingerprint density at radius 3 is 2.07 bits per heavy atom. The molecule has 0 N–H and O–H groups in total. The third-order valence-electron chi connectivity index (χ3n) is 8.12. The zero-order valence-corrected chi connectivity index (χ0v) is 29.7. The summed E-state index contributed by atoms with van der Waals surface area (Å²) in [6.07, 6.45) is 3.22. The Bertz CT molecular complexity index is 1410. The summed E-state index contributed by atoms with van der Waals surface area (Å²) in [4.78, 5) is 33.9. The minimum Gasteiger partial charge on any atom is -0.491 e. The van der Waals surface area contributed by atoms with E-state index in [2.05, 4.69) is 24.9 Å². The molecule has 0 aromatic heterocycles. The van der Waals surface area contributed by atoms with E-state index in [0.29, 0.717) is 30.9 Å². The quantitative estimate of drug-likeness (QED) is 0.187. The lowest BCUT2D eigenvalue weighted by molar-refractivity contribution is -0.132. The lowest BCUT2D eigenvalue weighted by Gasteiger charge is -2.32. The van der Waals surface area contributed by atoms with Crippen molar-refractivity contribution in [2.75, 3.05) is 70.8 Å². The fourth-order valence-electron chi connectivity index (χ4n) is 5.27. The lowest BCUT2D eigenvalue weighted by Crippen LogP contribution is -2.47. The van der Waals surface area contributed by atoms with Crippen LogP contribution in [-0.4, -0.2) is 82.6 Å². The second-order valence-electron chi connectivity index (χ2n) is 12.0. The first-order chi connectivity index (χ1) is 21.1. The Kier molecular flexibility index (Phi) is 15.7. The number of unbranched alkanes of at least 4 members (excludes halogenated alkanes) is 2. The summed E-state index contributed by atoms with van der Waals surface area (Å²) in [7, 11) is 7.88. The van der Waals surface area contributed by atoms with Gasteiger partial charge >= 0.3 is 0 Å². The van der Waals surface area contributed by atoms with Crippen LogP contribution in [0, 0.1) is 13.8 Å².